The van der Waals surface area contributed by atoms with Crippen LogP contribution in [0.15, 0.2) is 36.7 Å². The lowest BCUT2D eigenvalue weighted by Gasteiger charge is -2.32. The maximum absolute atomic E-state index is 14.5. The first-order chi connectivity index (χ1) is 18.7. The molecular weight excluding hydrogens is 507 g/mol. The lowest BCUT2D eigenvalue weighted by Crippen LogP contribution is -2.37. The summed E-state index contributed by atoms with van der Waals surface area (Å²) in [5, 5.41) is 10.6. The Kier molecular flexibility index (Phi) is 7.23. The Morgan fingerprint density at radius 1 is 1.18 bits per heavy atom. The number of carbonyl (C=O) groups excluding carboxylic acids is 3. The van der Waals surface area contributed by atoms with Gasteiger partial charge in [0, 0.05) is 30.8 Å². The highest BCUT2D eigenvalue weighted by Gasteiger charge is 2.48. The summed E-state index contributed by atoms with van der Waals surface area (Å²) in [6, 6.07) is 7.34. The van der Waals surface area contributed by atoms with Crippen LogP contribution < -0.4 is 9.64 Å². The van der Waals surface area contributed by atoms with Crippen LogP contribution in [-0.4, -0.2) is 46.8 Å². The van der Waals surface area contributed by atoms with Crippen LogP contribution in [0, 0.1) is 29.0 Å². The number of carbonyl (C=O) groups is 3. The number of hydrogen-bond acceptors (Lipinski definition) is 8. The minimum Gasteiger partial charge on any atom is -0.490 e. The van der Waals surface area contributed by atoms with Gasteiger partial charge >= 0.3 is 6.09 Å². The van der Waals surface area contributed by atoms with Crippen molar-refractivity contribution in [3.8, 4) is 11.8 Å². The van der Waals surface area contributed by atoms with Crippen molar-refractivity contribution in [2.45, 2.75) is 57.6 Å². The zero-order valence-electron chi connectivity index (χ0n) is 21.8. The molecule has 1 saturated carbocycles. The first-order valence-corrected chi connectivity index (χ1v) is 13.0. The fourth-order valence-electron chi connectivity index (χ4n) is 5.28. The van der Waals surface area contributed by atoms with Crippen molar-refractivity contribution in [2.75, 3.05) is 18.1 Å². The molecule has 3 fully saturated rings. The molecule has 3 amide bonds. The highest BCUT2D eigenvalue weighted by atomic mass is 19.1. The second-order valence-electron chi connectivity index (χ2n) is 10.6. The molecule has 1 aromatic carbocycles. The first-order valence-electron chi connectivity index (χ1n) is 13.0. The number of nitrogens with zero attached hydrogens (tertiary/aromatic N) is 4. The summed E-state index contributed by atoms with van der Waals surface area (Å²) in [6.07, 6.45) is 5.67. The minimum atomic E-state index is -1.29. The average molecular weight is 537 g/mol. The topological polar surface area (TPSA) is 122 Å². The van der Waals surface area contributed by atoms with E-state index in [4.69, 9.17) is 14.3 Å². The van der Waals surface area contributed by atoms with Gasteiger partial charge in [-0.1, -0.05) is 0 Å². The molecule has 5 rings (SSSR count). The Labute approximate surface area is 225 Å². The molecule has 2 aromatic rings. The summed E-state index contributed by atoms with van der Waals surface area (Å²) in [4.78, 5) is 48.7. The maximum atomic E-state index is 14.5. The van der Waals surface area contributed by atoms with Crippen LogP contribution in [-0.2, 0) is 19.2 Å². The van der Waals surface area contributed by atoms with Gasteiger partial charge < -0.3 is 9.47 Å². The summed E-state index contributed by atoms with van der Waals surface area (Å²) in [5.41, 5.74) is 0.0982. The number of hydrogen-bond donors (Lipinski definition) is 0. The molecule has 0 N–H and O–H groups in total. The van der Waals surface area contributed by atoms with Gasteiger partial charge in [-0.05, 0) is 69.2 Å². The van der Waals surface area contributed by atoms with E-state index in [0.717, 1.165) is 16.5 Å². The van der Waals surface area contributed by atoms with Crippen molar-refractivity contribution in [3.63, 3.8) is 0 Å². The number of imide groups is 1. The standard InChI is InChI=1S/C28H29FN4O6/c1-28(2)26(35)32(27(36)39-28)21-7-8-22(29)24(12-21)37-16-17-3-5-19(6-4-17)25(34)33-23(9-10-38-33)20-11-18(13-30)14-31-15-20/h7-8,11-12,14-15,17,19,23H,3-6,9-10,16H2,1-2H3/t17-,19-,23-/m0/s1. The number of amides is 3. The number of halogens is 1. The van der Waals surface area contributed by atoms with Gasteiger partial charge in [0.2, 0.25) is 5.91 Å². The molecule has 1 aliphatic carbocycles. The number of aromatic nitrogens is 1. The van der Waals surface area contributed by atoms with E-state index >= 15 is 0 Å². The van der Waals surface area contributed by atoms with E-state index in [-0.39, 0.29) is 41.8 Å². The van der Waals surface area contributed by atoms with Crippen LogP contribution in [0.25, 0.3) is 0 Å². The van der Waals surface area contributed by atoms with Gasteiger partial charge in [-0.15, -0.1) is 0 Å². The van der Waals surface area contributed by atoms with Gasteiger partial charge in [-0.3, -0.25) is 19.4 Å². The third kappa shape index (κ3) is 5.29. The SMILES string of the molecule is CC1(C)OC(=O)N(c2ccc(F)c(OC[C@H]3CC[C@H](C(=O)N4OCC[C@H]4c4cncc(C#N)c4)CC3)c2)C1=O. The fraction of sp³-hybridized carbons (Fsp3) is 0.464. The summed E-state index contributed by atoms with van der Waals surface area (Å²) in [5.74, 6) is -1.37. The minimum absolute atomic E-state index is 0.0578. The second-order valence-corrected chi connectivity index (χ2v) is 10.6. The van der Waals surface area contributed by atoms with Crippen LogP contribution in [0.3, 0.4) is 0 Å². The van der Waals surface area contributed by atoms with Crippen LogP contribution in [0.5, 0.6) is 5.75 Å². The van der Waals surface area contributed by atoms with Gasteiger partial charge in [-0.25, -0.2) is 19.1 Å². The van der Waals surface area contributed by atoms with Crippen LogP contribution in [0.4, 0.5) is 14.9 Å². The van der Waals surface area contributed by atoms with E-state index in [2.05, 4.69) is 11.1 Å². The van der Waals surface area contributed by atoms with E-state index in [1.54, 1.807) is 12.3 Å². The molecule has 0 spiro atoms. The van der Waals surface area contributed by atoms with Gasteiger partial charge in [0.25, 0.3) is 5.91 Å². The smallest absolute Gasteiger partial charge is 0.422 e. The summed E-state index contributed by atoms with van der Waals surface area (Å²) < 4.78 is 25.4. The molecule has 1 aromatic heterocycles. The fourth-order valence-corrected chi connectivity index (χ4v) is 5.28. The summed E-state index contributed by atoms with van der Waals surface area (Å²) in [7, 11) is 0. The quantitative estimate of drug-likeness (QED) is 0.531. The van der Waals surface area contributed by atoms with Crippen molar-refractivity contribution in [1.82, 2.24) is 10.0 Å². The van der Waals surface area contributed by atoms with E-state index < -0.39 is 23.4 Å². The van der Waals surface area contributed by atoms with Gasteiger partial charge in [0.15, 0.2) is 17.2 Å². The highest BCUT2D eigenvalue weighted by molar-refractivity contribution is 6.19. The predicted octanol–water partition coefficient (Wildman–Crippen LogP) is 4.44. The lowest BCUT2D eigenvalue weighted by atomic mass is 9.81. The van der Waals surface area contributed by atoms with Crippen LogP contribution >= 0.6 is 0 Å². The van der Waals surface area contributed by atoms with E-state index in [0.29, 0.717) is 44.3 Å². The maximum Gasteiger partial charge on any atom is 0.422 e. The van der Waals surface area contributed by atoms with Gasteiger partial charge in [-0.2, -0.15) is 5.26 Å². The molecule has 3 heterocycles. The first kappa shape index (κ1) is 26.6. The molecule has 3 aliphatic rings. The number of ether oxygens (including phenoxy) is 2. The van der Waals surface area contributed by atoms with Crippen molar-refractivity contribution >= 4 is 23.6 Å². The predicted molar refractivity (Wildman–Crippen MR) is 134 cm³/mol. The Morgan fingerprint density at radius 3 is 2.64 bits per heavy atom. The molecular formula is C28H29FN4O6. The second kappa shape index (κ2) is 10.6. The molecule has 2 aliphatic heterocycles. The highest BCUT2D eigenvalue weighted by Crippen LogP contribution is 2.37. The van der Waals surface area contributed by atoms with Gasteiger partial charge in [0.05, 0.1) is 30.5 Å². The van der Waals surface area contributed by atoms with Crippen LogP contribution in [0.1, 0.15) is 63.1 Å². The van der Waals surface area contributed by atoms with Crippen molar-refractivity contribution < 1.29 is 33.1 Å². The van der Waals surface area contributed by atoms with Crippen molar-refractivity contribution in [2.24, 2.45) is 11.8 Å². The third-order valence-corrected chi connectivity index (χ3v) is 7.48. The monoisotopic (exact) mass is 536 g/mol. The molecule has 0 radical (unpaired) electrons. The molecule has 1 atom stereocenters. The zero-order chi connectivity index (χ0) is 27.7. The summed E-state index contributed by atoms with van der Waals surface area (Å²) in [6.45, 7) is 3.64. The molecule has 2 saturated heterocycles. The number of benzene rings is 1. The molecule has 11 heteroatoms. The molecule has 0 unspecified atom stereocenters. The zero-order valence-corrected chi connectivity index (χ0v) is 21.8. The molecule has 39 heavy (non-hydrogen) atoms. The molecule has 10 nitrogen and oxygen atoms in total. The van der Waals surface area contributed by atoms with Gasteiger partial charge in [0.1, 0.15) is 6.07 Å². The van der Waals surface area contributed by atoms with Crippen molar-refractivity contribution in [3.05, 3.63) is 53.6 Å². The molecule has 0 bridgehead atoms. The summed E-state index contributed by atoms with van der Waals surface area (Å²) >= 11 is 0. The van der Waals surface area contributed by atoms with E-state index in [1.165, 1.54) is 37.2 Å². The third-order valence-electron chi connectivity index (χ3n) is 7.48. The number of rotatable bonds is 6. The number of hydroxylamine groups is 2. The van der Waals surface area contributed by atoms with Crippen molar-refractivity contribution in [1.29, 1.82) is 5.26 Å². The Bertz CT molecular complexity index is 1330. The Morgan fingerprint density at radius 2 is 1.95 bits per heavy atom. The number of nitriles is 1. The van der Waals surface area contributed by atoms with E-state index in [9.17, 15) is 24.0 Å². The molecule has 204 valence electrons. The van der Waals surface area contributed by atoms with Crippen LogP contribution in [0.2, 0.25) is 0 Å². The lowest BCUT2D eigenvalue weighted by molar-refractivity contribution is -0.183. The number of pyridine rings is 1. The van der Waals surface area contributed by atoms with E-state index in [1.807, 2.05) is 0 Å². The number of cyclic esters (lactones) is 1. The Hall–Kier alpha value is -4.04. The Balaban J connectivity index is 1.17. The largest absolute Gasteiger partial charge is 0.490 e. The number of anilines is 1. The normalized spacial score (nSPS) is 24.4. The average Bonchev–Trinajstić information content (AvgIpc) is 3.50.